The molecule has 1 aliphatic heterocycles. The summed E-state index contributed by atoms with van der Waals surface area (Å²) >= 11 is 0. The molecule has 1 atom stereocenters. The van der Waals surface area contributed by atoms with Crippen LogP contribution in [0.2, 0.25) is 0 Å². The second kappa shape index (κ2) is 5.53. The Labute approximate surface area is 115 Å². The molecule has 1 aliphatic rings. The van der Waals surface area contributed by atoms with Gasteiger partial charge in [0, 0.05) is 18.9 Å². The van der Waals surface area contributed by atoms with Gasteiger partial charge in [-0.25, -0.2) is 18.4 Å². The van der Waals surface area contributed by atoms with E-state index in [0.717, 1.165) is 0 Å². The average Bonchev–Trinajstić information content (AvgIpc) is 2.37. The summed E-state index contributed by atoms with van der Waals surface area (Å²) in [5.41, 5.74) is 0.210. The first-order valence-corrected chi connectivity index (χ1v) is 7.69. The van der Waals surface area contributed by atoms with Gasteiger partial charge in [-0.1, -0.05) is 0 Å². The second-order valence-electron chi connectivity index (χ2n) is 4.49. The third kappa shape index (κ3) is 3.29. The van der Waals surface area contributed by atoms with Crippen molar-refractivity contribution in [2.75, 3.05) is 18.1 Å². The third-order valence-electron chi connectivity index (χ3n) is 3.01. The molecule has 108 valence electrons. The highest BCUT2D eigenvalue weighted by atomic mass is 32.2. The van der Waals surface area contributed by atoms with Crippen LogP contribution < -0.4 is 0 Å². The number of amides is 1. The standard InChI is InChI=1S/C11H13N3O5S/c15-10(16)3-9-6-20(18,19)2-1-14(9)11(17)8-4-12-7-13-5-8/h4-5,7,9H,1-3,6H2,(H,15,16). The molecule has 1 amide bonds. The minimum absolute atomic E-state index is 0.0198. The molecule has 0 radical (unpaired) electrons. The lowest BCUT2D eigenvalue weighted by Crippen LogP contribution is -2.52. The number of carbonyl (C=O) groups is 2. The quantitative estimate of drug-likeness (QED) is 0.775. The Morgan fingerprint density at radius 3 is 2.60 bits per heavy atom. The molecular formula is C11H13N3O5S. The number of carboxylic acids is 1. The Morgan fingerprint density at radius 2 is 2.00 bits per heavy atom. The van der Waals surface area contributed by atoms with Crippen molar-refractivity contribution in [2.45, 2.75) is 12.5 Å². The fourth-order valence-electron chi connectivity index (χ4n) is 2.10. The summed E-state index contributed by atoms with van der Waals surface area (Å²) in [5.74, 6) is -2.10. The zero-order valence-corrected chi connectivity index (χ0v) is 11.3. The molecule has 1 unspecified atom stereocenters. The maximum absolute atomic E-state index is 12.3. The first kappa shape index (κ1) is 14.4. The van der Waals surface area contributed by atoms with E-state index < -0.39 is 34.2 Å². The molecule has 1 saturated heterocycles. The maximum Gasteiger partial charge on any atom is 0.305 e. The number of nitrogens with zero attached hydrogens (tertiary/aromatic N) is 3. The van der Waals surface area contributed by atoms with Crippen LogP contribution in [0.3, 0.4) is 0 Å². The van der Waals surface area contributed by atoms with Crippen molar-refractivity contribution >= 4 is 21.7 Å². The molecule has 1 aromatic heterocycles. The fraction of sp³-hybridized carbons (Fsp3) is 0.455. The summed E-state index contributed by atoms with van der Waals surface area (Å²) in [4.78, 5) is 31.8. The lowest BCUT2D eigenvalue weighted by atomic mass is 10.1. The van der Waals surface area contributed by atoms with E-state index in [1.165, 1.54) is 23.6 Å². The largest absolute Gasteiger partial charge is 0.481 e. The molecule has 20 heavy (non-hydrogen) atoms. The minimum atomic E-state index is -3.31. The van der Waals surface area contributed by atoms with Crippen molar-refractivity contribution in [1.29, 1.82) is 0 Å². The molecule has 0 aromatic carbocycles. The van der Waals surface area contributed by atoms with E-state index in [-0.39, 0.29) is 23.6 Å². The van der Waals surface area contributed by atoms with Gasteiger partial charge in [0.15, 0.2) is 9.84 Å². The summed E-state index contributed by atoms with van der Waals surface area (Å²) in [6, 6.07) is -0.862. The van der Waals surface area contributed by atoms with E-state index in [4.69, 9.17) is 5.11 Å². The molecule has 0 bridgehead atoms. The summed E-state index contributed by atoms with van der Waals surface area (Å²) in [5, 5.41) is 8.85. The summed E-state index contributed by atoms with van der Waals surface area (Å²) in [6.45, 7) is -0.0198. The van der Waals surface area contributed by atoms with E-state index in [2.05, 4.69) is 9.97 Å². The van der Waals surface area contributed by atoms with Gasteiger partial charge in [0.2, 0.25) is 0 Å². The molecule has 0 saturated carbocycles. The highest BCUT2D eigenvalue weighted by Gasteiger charge is 2.35. The van der Waals surface area contributed by atoms with Gasteiger partial charge >= 0.3 is 5.97 Å². The van der Waals surface area contributed by atoms with Crippen molar-refractivity contribution in [3.63, 3.8) is 0 Å². The van der Waals surface area contributed by atoms with Crippen molar-refractivity contribution in [3.8, 4) is 0 Å². The molecule has 0 spiro atoms. The molecule has 1 aromatic rings. The number of aliphatic carboxylic acids is 1. The smallest absolute Gasteiger partial charge is 0.305 e. The van der Waals surface area contributed by atoms with Crippen LogP contribution in [0.1, 0.15) is 16.8 Å². The maximum atomic E-state index is 12.3. The number of carboxylic acid groups (broad SMARTS) is 1. The minimum Gasteiger partial charge on any atom is -0.481 e. The van der Waals surface area contributed by atoms with E-state index >= 15 is 0 Å². The average molecular weight is 299 g/mol. The number of carbonyl (C=O) groups excluding carboxylic acids is 1. The van der Waals surface area contributed by atoms with Crippen LogP contribution in [0.5, 0.6) is 0 Å². The van der Waals surface area contributed by atoms with Crippen LogP contribution in [0, 0.1) is 0 Å². The van der Waals surface area contributed by atoms with Crippen LogP contribution in [-0.2, 0) is 14.6 Å². The first-order chi connectivity index (χ1) is 9.39. The van der Waals surface area contributed by atoms with Gasteiger partial charge in [-0.3, -0.25) is 9.59 Å². The molecule has 8 nitrogen and oxygen atoms in total. The molecular weight excluding hydrogens is 286 g/mol. The van der Waals surface area contributed by atoms with Gasteiger partial charge in [0.05, 0.1) is 29.5 Å². The highest BCUT2D eigenvalue weighted by Crippen LogP contribution is 2.17. The summed E-state index contributed by atoms with van der Waals surface area (Å²) < 4.78 is 23.2. The number of rotatable bonds is 3. The van der Waals surface area contributed by atoms with Crippen LogP contribution in [0.15, 0.2) is 18.7 Å². The molecule has 0 aliphatic carbocycles. The molecule has 2 heterocycles. The molecule has 1 N–H and O–H groups in total. The van der Waals surface area contributed by atoms with Crippen molar-refractivity contribution in [2.24, 2.45) is 0 Å². The highest BCUT2D eigenvalue weighted by molar-refractivity contribution is 7.91. The Hall–Kier alpha value is -2.03. The Morgan fingerprint density at radius 1 is 1.35 bits per heavy atom. The predicted octanol–water partition coefficient (Wildman–Crippen LogP) is -0.809. The zero-order valence-electron chi connectivity index (χ0n) is 10.5. The van der Waals surface area contributed by atoms with E-state index in [1.54, 1.807) is 0 Å². The molecule has 1 fully saturated rings. The van der Waals surface area contributed by atoms with Gasteiger partial charge in [0.1, 0.15) is 6.33 Å². The molecule has 9 heteroatoms. The Kier molecular flexibility index (Phi) is 3.98. The fourth-order valence-corrected chi connectivity index (χ4v) is 3.63. The number of hydrogen-bond donors (Lipinski definition) is 1. The van der Waals surface area contributed by atoms with Gasteiger partial charge in [-0.05, 0) is 0 Å². The topological polar surface area (TPSA) is 118 Å². The van der Waals surface area contributed by atoms with Gasteiger partial charge < -0.3 is 10.0 Å². The van der Waals surface area contributed by atoms with Crippen molar-refractivity contribution < 1.29 is 23.1 Å². The Bertz CT molecular complexity index is 616. The molecule has 2 rings (SSSR count). The van der Waals surface area contributed by atoms with Crippen LogP contribution in [0.4, 0.5) is 0 Å². The van der Waals surface area contributed by atoms with E-state index in [0.29, 0.717) is 0 Å². The van der Waals surface area contributed by atoms with Gasteiger partial charge in [-0.15, -0.1) is 0 Å². The van der Waals surface area contributed by atoms with Crippen LogP contribution >= 0.6 is 0 Å². The SMILES string of the molecule is O=C(O)CC1CS(=O)(=O)CCN1C(=O)c1cncnc1. The monoisotopic (exact) mass is 299 g/mol. The Balaban J connectivity index is 2.24. The first-order valence-electron chi connectivity index (χ1n) is 5.87. The summed E-state index contributed by atoms with van der Waals surface area (Å²) in [7, 11) is -3.31. The summed E-state index contributed by atoms with van der Waals surface area (Å²) in [6.07, 6.45) is 3.50. The predicted molar refractivity (Wildman–Crippen MR) is 67.8 cm³/mol. The lowest BCUT2D eigenvalue weighted by Gasteiger charge is -2.34. The van der Waals surface area contributed by atoms with Crippen molar-refractivity contribution in [1.82, 2.24) is 14.9 Å². The number of hydrogen-bond acceptors (Lipinski definition) is 6. The number of aromatic nitrogens is 2. The van der Waals surface area contributed by atoms with Crippen molar-refractivity contribution in [3.05, 3.63) is 24.3 Å². The normalized spacial score (nSPS) is 21.4. The van der Waals surface area contributed by atoms with Gasteiger partial charge in [-0.2, -0.15) is 0 Å². The third-order valence-corrected chi connectivity index (χ3v) is 4.71. The lowest BCUT2D eigenvalue weighted by molar-refractivity contribution is -0.138. The number of sulfone groups is 1. The van der Waals surface area contributed by atoms with Crippen LogP contribution in [0.25, 0.3) is 0 Å². The van der Waals surface area contributed by atoms with Crippen LogP contribution in [-0.4, -0.2) is 64.4 Å². The zero-order chi connectivity index (χ0) is 14.8. The van der Waals surface area contributed by atoms with Gasteiger partial charge in [0.25, 0.3) is 5.91 Å². The van der Waals surface area contributed by atoms with E-state index in [9.17, 15) is 18.0 Å². The van der Waals surface area contributed by atoms with E-state index in [1.807, 2.05) is 0 Å². The second-order valence-corrected chi connectivity index (χ2v) is 6.72.